The van der Waals surface area contributed by atoms with Gasteiger partial charge in [0.05, 0.1) is 0 Å². The summed E-state index contributed by atoms with van der Waals surface area (Å²) in [4.78, 5) is 2.28. The number of hydrogen-bond acceptors (Lipinski definition) is 3. The van der Waals surface area contributed by atoms with Crippen molar-refractivity contribution < 1.29 is 8.83 Å². The van der Waals surface area contributed by atoms with Crippen molar-refractivity contribution in [2.75, 3.05) is 4.90 Å². The van der Waals surface area contributed by atoms with E-state index < -0.39 is 0 Å². The minimum Gasteiger partial charge on any atom is -0.456 e. The highest BCUT2D eigenvalue weighted by Crippen LogP contribution is 2.42. The predicted octanol–water partition coefficient (Wildman–Crippen LogP) is 13.4. The Kier molecular flexibility index (Phi) is 6.18. The Morgan fingerprint density at radius 3 is 1.51 bits per heavy atom. The number of furan rings is 2. The Hall–Kier alpha value is -6.58. The van der Waals surface area contributed by atoms with E-state index in [1.54, 1.807) is 0 Å². The summed E-state index contributed by atoms with van der Waals surface area (Å²) < 4.78 is 12.7. The van der Waals surface area contributed by atoms with Gasteiger partial charge in [-0.2, -0.15) is 0 Å². The van der Waals surface area contributed by atoms with Gasteiger partial charge in [0.15, 0.2) is 0 Å². The van der Waals surface area contributed by atoms with E-state index in [2.05, 4.69) is 157 Å². The van der Waals surface area contributed by atoms with Crippen LogP contribution in [0.15, 0.2) is 185 Å². The van der Waals surface area contributed by atoms with Gasteiger partial charge in [-0.1, -0.05) is 109 Å². The lowest BCUT2D eigenvalue weighted by Crippen LogP contribution is -2.09. The Morgan fingerprint density at radius 1 is 0.306 bits per heavy atom. The summed E-state index contributed by atoms with van der Waals surface area (Å²) in [6, 6.07) is 62.1. The van der Waals surface area contributed by atoms with Crippen LogP contribution in [-0.4, -0.2) is 0 Å². The highest BCUT2D eigenvalue weighted by molar-refractivity contribution is 6.08. The molecule has 0 aliphatic carbocycles. The fourth-order valence-corrected chi connectivity index (χ4v) is 7.28. The van der Waals surface area contributed by atoms with Gasteiger partial charge >= 0.3 is 0 Å². The van der Waals surface area contributed by atoms with Crippen LogP contribution in [0.4, 0.5) is 17.1 Å². The molecule has 0 amide bonds. The molecule has 0 saturated heterocycles. The lowest BCUT2D eigenvalue weighted by Gasteiger charge is -2.25. The zero-order valence-corrected chi connectivity index (χ0v) is 26.5. The van der Waals surface area contributed by atoms with Crippen molar-refractivity contribution >= 4 is 71.7 Å². The zero-order chi connectivity index (χ0) is 32.3. The Balaban J connectivity index is 1.11. The smallest absolute Gasteiger partial charge is 0.137 e. The topological polar surface area (TPSA) is 29.5 Å². The van der Waals surface area contributed by atoms with Crippen molar-refractivity contribution in [3.05, 3.63) is 176 Å². The summed E-state index contributed by atoms with van der Waals surface area (Å²) in [5, 5.41) is 6.91. The van der Waals surface area contributed by atoms with E-state index in [9.17, 15) is 0 Å². The SMILES string of the molecule is c1ccc(-c2ccc3cccc(-c4ccc(N(c5ccc6c(c5)oc5ccccc56)c5ccc6c(c5)oc5ccccc56)cc4)c3c2)cc1. The van der Waals surface area contributed by atoms with Gasteiger partial charge in [0, 0.05) is 50.7 Å². The Bertz CT molecular complexity index is 2710. The monoisotopic (exact) mass is 627 g/mol. The normalized spacial score (nSPS) is 11.7. The van der Waals surface area contributed by atoms with Crippen LogP contribution in [0.5, 0.6) is 0 Å². The molecule has 230 valence electrons. The first-order valence-corrected chi connectivity index (χ1v) is 16.6. The average Bonchev–Trinajstić information content (AvgIpc) is 3.73. The van der Waals surface area contributed by atoms with Gasteiger partial charge in [-0.25, -0.2) is 0 Å². The van der Waals surface area contributed by atoms with Crippen LogP contribution in [-0.2, 0) is 0 Å². The fourth-order valence-electron chi connectivity index (χ4n) is 7.28. The van der Waals surface area contributed by atoms with Crippen molar-refractivity contribution in [1.29, 1.82) is 0 Å². The van der Waals surface area contributed by atoms with Crippen LogP contribution in [0, 0.1) is 0 Å². The molecule has 3 nitrogen and oxygen atoms in total. The van der Waals surface area contributed by atoms with E-state index in [1.165, 1.54) is 33.0 Å². The van der Waals surface area contributed by atoms with Crippen LogP contribution in [0.2, 0.25) is 0 Å². The average molecular weight is 628 g/mol. The minimum atomic E-state index is 0.857. The van der Waals surface area contributed by atoms with Crippen molar-refractivity contribution in [1.82, 2.24) is 0 Å². The predicted molar refractivity (Wildman–Crippen MR) is 204 cm³/mol. The van der Waals surface area contributed by atoms with Gasteiger partial charge in [0.2, 0.25) is 0 Å². The van der Waals surface area contributed by atoms with Crippen LogP contribution in [0.25, 0.3) is 76.9 Å². The Labute approximate surface area is 282 Å². The van der Waals surface area contributed by atoms with Gasteiger partial charge in [-0.15, -0.1) is 0 Å². The number of anilines is 3. The standard InChI is InChI=1S/C46H29NO2/c1-2-9-30(10-3-1)33-18-17-31-11-8-14-37(42(31)27-33)32-19-21-34(22-20-32)47(35-23-25-40-38-12-4-6-15-43(38)48-45(40)28-35)36-24-26-41-39-13-5-7-16-44(39)49-46(41)29-36/h1-29H. The fraction of sp³-hybridized carbons (Fsp3) is 0. The maximum Gasteiger partial charge on any atom is 0.137 e. The summed E-state index contributed by atoms with van der Waals surface area (Å²) in [7, 11) is 0. The second kappa shape index (κ2) is 11.0. The number of benzene rings is 8. The highest BCUT2D eigenvalue weighted by atomic mass is 16.3. The first-order chi connectivity index (χ1) is 24.3. The number of fused-ring (bicyclic) bond motifs is 7. The molecule has 0 spiro atoms. The zero-order valence-electron chi connectivity index (χ0n) is 26.5. The third-order valence-corrected chi connectivity index (χ3v) is 9.67. The molecule has 0 aliphatic rings. The maximum atomic E-state index is 6.34. The lowest BCUT2D eigenvalue weighted by atomic mass is 9.94. The first-order valence-electron chi connectivity index (χ1n) is 16.6. The molecular weight excluding hydrogens is 599 g/mol. The number of para-hydroxylation sites is 2. The summed E-state index contributed by atoms with van der Waals surface area (Å²) in [6.45, 7) is 0. The maximum absolute atomic E-state index is 6.34. The molecule has 8 aromatic carbocycles. The molecule has 0 N–H and O–H groups in total. The largest absolute Gasteiger partial charge is 0.456 e. The van der Waals surface area contributed by atoms with Crippen molar-refractivity contribution in [2.45, 2.75) is 0 Å². The molecular formula is C46H29NO2. The third-order valence-electron chi connectivity index (χ3n) is 9.67. The van der Waals surface area contributed by atoms with Crippen LogP contribution < -0.4 is 4.90 Å². The molecule has 0 fully saturated rings. The Morgan fingerprint density at radius 2 is 0.857 bits per heavy atom. The summed E-state index contributed by atoms with van der Waals surface area (Å²) >= 11 is 0. The lowest BCUT2D eigenvalue weighted by molar-refractivity contribution is 0.669. The van der Waals surface area contributed by atoms with E-state index in [0.29, 0.717) is 0 Å². The van der Waals surface area contributed by atoms with Gasteiger partial charge < -0.3 is 13.7 Å². The molecule has 49 heavy (non-hydrogen) atoms. The molecule has 0 bridgehead atoms. The van der Waals surface area contributed by atoms with Crippen molar-refractivity contribution in [3.8, 4) is 22.3 Å². The highest BCUT2D eigenvalue weighted by Gasteiger charge is 2.18. The molecule has 0 saturated carbocycles. The summed E-state index contributed by atoms with van der Waals surface area (Å²) in [6.07, 6.45) is 0. The molecule has 10 rings (SSSR count). The minimum absolute atomic E-state index is 0.857. The summed E-state index contributed by atoms with van der Waals surface area (Å²) in [5.41, 5.74) is 11.4. The molecule has 0 radical (unpaired) electrons. The van der Waals surface area contributed by atoms with Gasteiger partial charge in [0.25, 0.3) is 0 Å². The molecule has 2 heterocycles. The van der Waals surface area contributed by atoms with Crippen molar-refractivity contribution in [3.63, 3.8) is 0 Å². The second-order valence-corrected chi connectivity index (χ2v) is 12.5. The van der Waals surface area contributed by atoms with Crippen molar-refractivity contribution in [2.24, 2.45) is 0 Å². The van der Waals surface area contributed by atoms with Gasteiger partial charge in [0.1, 0.15) is 22.3 Å². The van der Waals surface area contributed by atoms with E-state index in [-0.39, 0.29) is 0 Å². The molecule has 10 aromatic rings. The quantitative estimate of drug-likeness (QED) is 0.190. The first kappa shape index (κ1) is 27.5. The molecule has 0 unspecified atom stereocenters. The third kappa shape index (κ3) is 4.59. The molecule has 0 aliphatic heterocycles. The van der Waals surface area contributed by atoms with Crippen LogP contribution >= 0.6 is 0 Å². The van der Waals surface area contributed by atoms with Gasteiger partial charge in [-0.05, 0) is 87.6 Å². The van der Waals surface area contributed by atoms with Crippen LogP contribution in [0.3, 0.4) is 0 Å². The van der Waals surface area contributed by atoms with E-state index in [4.69, 9.17) is 8.83 Å². The summed E-state index contributed by atoms with van der Waals surface area (Å²) in [5.74, 6) is 0. The van der Waals surface area contributed by atoms with E-state index in [0.717, 1.165) is 60.9 Å². The molecule has 2 aromatic heterocycles. The second-order valence-electron chi connectivity index (χ2n) is 12.5. The number of nitrogens with zero attached hydrogens (tertiary/aromatic N) is 1. The van der Waals surface area contributed by atoms with E-state index >= 15 is 0 Å². The molecule has 0 atom stereocenters. The van der Waals surface area contributed by atoms with Gasteiger partial charge in [-0.3, -0.25) is 0 Å². The molecule has 3 heteroatoms. The number of hydrogen-bond donors (Lipinski definition) is 0. The van der Waals surface area contributed by atoms with Crippen LogP contribution in [0.1, 0.15) is 0 Å². The van der Waals surface area contributed by atoms with E-state index in [1.807, 2.05) is 24.3 Å². The number of rotatable bonds is 5.